The van der Waals surface area contributed by atoms with Gasteiger partial charge >= 0.3 is 59.1 Å². The second kappa shape index (κ2) is 11.7. The van der Waals surface area contributed by atoms with Crippen molar-refractivity contribution < 1.29 is 67.5 Å². The summed E-state index contributed by atoms with van der Waals surface area (Å²) in [5.74, 6) is 0. The molecule has 0 amide bonds. The molecule has 0 aliphatic carbocycles. The van der Waals surface area contributed by atoms with Crippen LogP contribution in [0.4, 0.5) is 0 Å². The Kier molecular flexibility index (Phi) is 13.7. The summed E-state index contributed by atoms with van der Waals surface area (Å²) in [6, 6.07) is 6.62. The first-order valence-electron chi connectivity index (χ1n) is 5.42. The van der Waals surface area contributed by atoms with Crippen LogP contribution in [0.2, 0.25) is 0 Å². The zero-order chi connectivity index (χ0) is 12.7. The summed E-state index contributed by atoms with van der Waals surface area (Å²) in [5, 5.41) is 2.92. The molecule has 1 rings (SSSR count). The van der Waals surface area contributed by atoms with Gasteiger partial charge in [-0.2, -0.15) is 0 Å². The third kappa shape index (κ3) is 8.83. The van der Waals surface area contributed by atoms with Gasteiger partial charge in [0, 0.05) is 4.90 Å². The van der Waals surface area contributed by atoms with Crippen LogP contribution in [-0.2, 0) is 10.0 Å². The Morgan fingerprint density at radius 3 is 2.26 bits per heavy atom. The number of hydrogen-bond donors (Lipinski definition) is 1. The van der Waals surface area contributed by atoms with Gasteiger partial charge in [-0.3, -0.25) is 0 Å². The summed E-state index contributed by atoms with van der Waals surface area (Å²) in [6.45, 7) is 3.42. The van der Waals surface area contributed by atoms with E-state index in [1.54, 1.807) is 24.3 Å². The molecule has 0 atom stereocenters. The molecule has 0 spiro atoms. The third-order valence-corrected chi connectivity index (χ3v) is 3.56. The number of rotatable bonds is 7. The van der Waals surface area contributed by atoms with Gasteiger partial charge in [0.2, 0.25) is 0 Å². The fourth-order valence-electron chi connectivity index (χ4n) is 1.24. The minimum atomic E-state index is -3.53. The molecule has 0 unspecified atom stereocenters. The molecule has 0 bridgehead atoms. The average Bonchev–Trinajstić information content (AvgIpc) is 2.29. The van der Waals surface area contributed by atoms with E-state index in [1.165, 1.54) is 0 Å². The first kappa shape index (κ1) is 22.3. The molecular weight excluding hydrogens is 284 g/mol. The summed E-state index contributed by atoms with van der Waals surface area (Å²) in [6.07, 6.45) is 0. The van der Waals surface area contributed by atoms with Crippen molar-refractivity contribution in [2.24, 2.45) is 0 Å². The molecule has 0 radical (unpaired) electrons. The summed E-state index contributed by atoms with van der Waals surface area (Å²) in [7, 11) is -3.53. The minimum absolute atomic E-state index is 0. The largest absolute Gasteiger partial charge is 1.00 e. The number of nitrogens with one attached hydrogen (secondary N) is 2. The minimum Gasteiger partial charge on any atom is -0.676 e. The van der Waals surface area contributed by atoms with Gasteiger partial charge in [-0.15, -0.1) is 13.1 Å². The van der Waals surface area contributed by atoms with Crippen LogP contribution >= 0.6 is 0 Å². The van der Waals surface area contributed by atoms with E-state index in [0.29, 0.717) is 13.1 Å². The second-order valence-electron chi connectivity index (χ2n) is 3.64. The Balaban J connectivity index is 0. The van der Waals surface area contributed by atoms with E-state index in [0.717, 1.165) is 5.56 Å². The molecule has 8 heteroatoms. The van der Waals surface area contributed by atoms with Crippen molar-refractivity contribution in [3.05, 3.63) is 40.3 Å². The number of benzene rings is 1. The van der Waals surface area contributed by atoms with Crippen molar-refractivity contribution in [2.75, 3.05) is 26.2 Å². The van der Waals surface area contributed by atoms with E-state index < -0.39 is 10.0 Å². The van der Waals surface area contributed by atoms with E-state index in [1.807, 2.05) is 6.92 Å². The maximum Gasteiger partial charge on any atom is 1.00 e. The SMILES string of the molecule is Cc1ccc(S(=O)(=O)[N-]CCNCC[NH-])cc1.[Na+].[Na+]. The van der Waals surface area contributed by atoms with Crippen LogP contribution in [0.1, 0.15) is 5.56 Å². The quantitative estimate of drug-likeness (QED) is 0.409. The zero-order valence-corrected chi connectivity index (χ0v) is 16.6. The summed E-state index contributed by atoms with van der Waals surface area (Å²) < 4.78 is 27.2. The molecule has 0 aromatic heterocycles. The van der Waals surface area contributed by atoms with E-state index in [9.17, 15) is 8.42 Å². The van der Waals surface area contributed by atoms with Gasteiger partial charge in [0.25, 0.3) is 0 Å². The van der Waals surface area contributed by atoms with Gasteiger partial charge in [0.1, 0.15) is 10.0 Å². The Morgan fingerprint density at radius 1 is 1.16 bits per heavy atom. The first-order valence-corrected chi connectivity index (χ1v) is 6.86. The molecule has 96 valence electrons. The van der Waals surface area contributed by atoms with Crippen LogP contribution in [0.5, 0.6) is 0 Å². The normalized spacial score (nSPS) is 10.4. The van der Waals surface area contributed by atoms with E-state index in [-0.39, 0.29) is 77.1 Å². The van der Waals surface area contributed by atoms with Crippen LogP contribution in [-0.4, -0.2) is 34.6 Å². The molecule has 0 heterocycles. The number of hydrogen-bond acceptors (Lipinski definition) is 3. The summed E-state index contributed by atoms with van der Waals surface area (Å²) >= 11 is 0. The molecule has 19 heavy (non-hydrogen) atoms. The Labute approximate surface area is 159 Å². The molecule has 1 aromatic carbocycles. The summed E-state index contributed by atoms with van der Waals surface area (Å²) in [5.41, 5.74) is 7.92. The van der Waals surface area contributed by atoms with Gasteiger partial charge in [0.05, 0.1) is 0 Å². The fraction of sp³-hybridized carbons (Fsp3) is 0.455. The van der Waals surface area contributed by atoms with Crippen molar-refractivity contribution in [3.8, 4) is 0 Å². The van der Waals surface area contributed by atoms with Gasteiger partial charge in [-0.05, 0) is 32.1 Å². The van der Waals surface area contributed by atoms with Gasteiger partial charge in [0.15, 0.2) is 0 Å². The third-order valence-electron chi connectivity index (χ3n) is 2.17. The average molecular weight is 301 g/mol. The fourth-order valence-corrected chi connectivity index (χ4v) is 2.20. The predicted molar refractivity (Wildman–Crippen MR) is 68.6 cm³/mol. The van der Waals surface area contributed by atoms with Crippen molar-refractivity contribution in [3.63, 3.8) is 0 Å². The smallest absolute Gasteiger partial charge is 0.676 e. The van der Waals surface area contributed by atoms with E-state index in [4.69, 9.17) is 5.73 Å². The molecule has 0 saturated heterocycles. The standard InChI is InChI=1S/C11H17N3O2S.2Na/c1-10-2-4-11(5-3-10)17(15,16)14-9-8-13-7-6-12;;/h2-5,12-13H,6-9H2,1H3;;/q-2;2*+1. The molecule has 0 saturated carbocycles. The molecule has 0 aliphatic rings. The zero-order valence-electron chi connectivity index (χ0n) is 11.8. The molecule has 1 aromatic rings. The van der Waals surface area contributed by atoms with E-state index >= 15 is 0 Å². The molecular formula is C11H17N3Na2O2S. The van der Waals surface area contributed by atoms with Gasteiger partial charge < -0.3 is 15.8 Å². The van der Waals surface area contributed by atoms with E-state index in [2.05, 4.69) is 10.0 Å². The number of sulfonamides is 1. The van der Waals surface area contributed by atoms with Crippen molar-refractivity contribution >= 4 is 10.0 Å². The van der Waals surface area contributed by atoms with Crippen molar-refractivity contribution in [1.29, 1.82) is 0 Å². The van der Waals surface area contributed by atoms with Crippen LogP contribution in [0.3, 0.4) is 0 Å². The Morgan fingerprint density at radius 2 is 1.74 bits per heavy atom. The van der Waals surface area contributed by atoms with Crippen molar-refractivity contribution in [1.82, 2.24) is 5.32 Å². The number of aryl methyl sites for hydroxylation is 1. The molecule has 2 N–H and O–H groups in total. The van der Waals surface area contributed by atoms with Crippen LogP contribution in [0, 0.1) is 6.92 Å². The topological polar surface area (TPSA) is 84.1 Å². The maximum atomic E-state index is 11.7. The molecule has 0 fully saturated rings. The van der Waals surface area contributed by atoms with Crippen molar-refractivity contribution in [2.45, 2.75) is 11.8 Å². The maximum absolute atomic E-state index is 11.7. The molecule has 0 aliphatic heterocycles. The Bertz CT molecular complexity index is 438. The first-order chi connectivity index (χ1) is 8.06. The second-order valence-corrected chi connectivity index (χ2v) is 5.32. The number of nitrogens with zero attached hydrogens (tertiary/aromatic N) is 1. The van der Waals surface area contributed by atoms with Crippen LogP contribution < -0.4 is 64.4 Å². The summed E-state index contributed by atoms with van der Waals surface area (Å²) in [4.78, 5) is 0.226. The monoisotopic (exact) mass is 301 g/mol. The van der Waals surface area contributed by atoms with Crippen LogP contribution in [0.25, 0.3) is 10.5 Å². The van der Waals surface area contributed by atoms with Gasteiger partial charge in [-0.25, -0.2) is 8.42 Å². The predicted octanol–water partition coefficient (Wildman–Crippen LogP) is -4.29. The van der Waals surface area contributed by atoms with Crippen LogP contribution in [0.15, 0.2) is 29.2 Å². The Hall–Kier alpha value is 1.05. The molecule has 5 nitrogen and oxygen atoms in total. The van der Waals surface area contributed by atoms with Gasteiger partial charge in [-0.1, -0.05) is 17.7 Å².